The maximum absolute atomic E-state index is 5.77. The molecule has 0 spiro atoms. The molecule has 0 aliphatic carbocycles. The van der Waals surface area contributed by atoms with Crippen molar-refractivity contribution in [3.63, 3.8) is 0 Å². The van der Waals surface area contributed by atoms with Gasteiger partial charge in [0.05, 0.1) is 18.0 Å². The van der Waals surface area contributed by atoms with E-state index in [2.05, 4.69) is 37.9 Å². The van der Waals surface area contributed by atoms with Crippen molar-refractivity contribution in [2.45, 2.75) is 6.42 Å². The number of rotatable bonds is 4. The fourth-order valence-corrected chi connectivity index (χ4v) is 2.59. The van der Waals surface area contributed by atoms with Gasteiger partial charge in [-0.2, -0.15) is 0 Å². The fourth-order valence-electron chi connectivity index (χ4n) is 2.55. The zero-order valence-corrected chi connectivity index (χ0v) is 12.5. The zero-order chi connectivity index (χ0) is 13.1. The molecule has 0 radical (unpaired) electrons. The maximum atomic E-state index is 5.77. The van der Waals surface area contributed by atoms with Crippen LogP contribution in [0.3, 0.4) is 0 Å². The Morgan fingerprint density at radius 3 is 2.85 bits per heavy atom. The summed E-state index contributed by atoms with van der Waals surface area (Å²) in [6.45, 7) is 4.67. The second-order valence-corrected chi connectivity index (χ2v) is 4.73. The molecule has 0 saturated carbocycles. The van der Waals surface area contributed by atoms with Crippen LogP contribution in [0.5, 0.6) is 5.75 Å². The summed E-state index contributed by atoms with van der Waals surface area (Å²) in [5.41, 5.74) is 5.86. The molecular formula is C12H17ArN3O3S. The van der Waals surface area contributed by atoms with Gasteiger partial charge >= 0.3 is 0 Å². The van der Waals surface area contributed by atoms with Gasteiger partial charge in [-0.1, -0.05) is 0 Å². The van der Waals surface area contributed by atoms with Crippen LogP contribution in [0.25, 0.3) is 0 Å². The number of ether oxygens (including phenoxy) is 1. The molecular weight excluding hydrogens is 306 g/mol. The summed E-state index contributed by atoms with van der Waals surface area (Å²) >= 11 is 3.53. The van der Waals surface area contributed by atoms with E-state index >= 15 is 0 Å². The maximum Gasteiger partial charge on any atom is 0.146 e. The Hall–Kier alpha value is 0.110. The van der Waals surface area contributed by atoms with Gasteiger partial charge in [0.25, 0.3) is 0 Å². The molecule has 1 fully saturated rings. The molecule has 2 heterocycles. The van der Waals surface area contributed by atoms with E-state index in [-0.39, 0.29) is 37.7 Å². The minimum Gasteiger partial charge on any atom is -0.491 e. The van der Waals surface area contributed by atoms with Gasteiger partial charge in [0.15, 0.2) is 0 Å². The Balaban J connectivity index is 0.00000147. The van der Waals surface area contributed by atoms with Crippen molar-refractivity contribution in [1.29, 1.82) is 0 Å². The average molecular weight is 323 g/mol. The SMILES string of the molecule is SOONc1cc2c(c(N3CCNCC3)c1)OCC2.[Ar]. The third-order valence-electron chi connectivity index (χ3n) is 3.42. The minimum atomic E-state index is 0. The summed E-state index contributed by atoms with van der Waals surface area (Å²) in [5.74, 6) is 0.999. The fraction of sp³-hybridized carbons (Fsp3) is 0.500. The van der Waals surface area contributed by atoms with E-state index in [1.807, 2.05) is 12.1 Å². The molecule has 20 heavy (non-hydrogen) atoms. The van der Waals surface area contributed by atoms with Gasteiger partial charge in [0.1, 0.15) is 5.75 Å². The van der Waals surface area contributed by atoms with Crippen molar-refractivity contribution >= 4 is 24.3 Å². The third kappa shape index (κ3) is 3.65. The van der Waals surface area contributed by atoms with E-state index in [0.29, 0.717) is 0 Å². The van der Waals surface area contributed by atoms with Crippen LogP contribution in [0.2, 0.25) is 0 Å². The topological polar surface area (TPSA) is 55.0 Å². The Morgan fingerprint density at radius 2 is 2.10 bits per heavy atom. The standard InChI is InChI=1S/C12H17N3O3S.Ar/c19-18-17-14-10-7-9-1-6-16-12(9)11(8-10)15-4-2-13-3-5-15;/h7-8,13-14,19H,1-6H2;. The average Bonchev–Trinajstić information content (AvgIpc) is 2.93. The molecule has 0 unspecified atom stereocenters. The number of fused-ring (bicyclic) bond motifs is 1. The summed E-state index contributed by atoms with van der Waals surface area (Å²) < 4.78 is 10.0. The van der Waals surface area contributed by atoms with Crippen molar-refractivity contribution in [2.24, 2.45) is 0 Å². The quantitative estimate of drug-likeness (QED) is 0.335. The van der Waals surface area contributed by atoms with Crippen molar-refractivity contribution < 1.29 is 51.8 Å². The predicted molar refractivity (Wildman–Crippen MR) is 75.5 cm³/mol. The summed E-state index contributed by atoms with van der Waals surface area (Å²) in [6.07, 6.45) is 0.922. The number of thiol groups is 1. The van der Waals surface area contributed by atoms with Crippen LogP contribution in [0, 0.1) is 37.7 Å². The van der Waals surface area contributed by atoms with Crippen molar-refractivity contribution in [1.82, 2.24) is 5.32 Å². The van der Waals surface area contributed by atoms with Crippen LogP contribution in [0.4, 0.5) is 11.4 Å². The minimum absolute atomic E-state index is 0. The first kappa shape index (κ1) is 16.5. The summed E-state index contributed by atoms with van der Waals surface area (Å²) in [4.78, 5) is 6.99. The largest absolute Gasteiger partial charge is 0.491 e. The second-order valence-electron chi connectivity index (χ2n) is 4.58. The molecule has 2 aliphatic rings. The number of hydrogen-bond donors (Lipinski definition) is 3. The number of nitrogens with one attached hydrogen (secondary N) is 2. The number of hydrogen-bond acceptors (Lipinski definition) is 7. The summed E-state index contributed by atoms with van der Waals surface area (Å²) in [7, 11) is 0. The van der Waals surface area contributed by atoms with Crippen LogP contribution in [-0.4, -0.2) is 32.8 Å². The predicted octanol–water partition coefficient (Wildman–Crippen LogP) is 1.15. The Bertz CT molecular complexity index is 458. The van der Waals surface area contributed by atoms with Gasteiger partial charge in [-0.15, -0.1) is 9.32 Å². The number of benzene rings is 1. The molecule has 112 valence electrons. The van der Waals surface area contributed by atoms with E-state index < -0.39 is 0 Å². The Kier molecular flexibility index (Phi) is 6.54. The smallest absolute Gasteiger partial charge is 0.146 e. The van der Waals surface area contributed by atoms with Crippen molar-refractivity contribution in [2.75, 3.05) is 43.2 Å². The second kappa shape index (κ2) is 7.93. The molecule has 2 aliphatic heterocycles. The van der Waals surface area contributed by atoms with Gasteiger partial charge in [0, 0.05) is 88.8 Å². The van der Waals surface area contributed by atoms with E-state index in [1.54, 1.807) is 0 Å². The molecule has 2 N–H and O–H groups in total. The van der Waals surface area contributed by atoms with Crippen LogP contribution in [-0.2, 0) is 15.7 Å². The first-order valence-corrected chi connectivity index (χ1v) is 6.73. The van der Waals surface area contributed by atoms with E-state index in [0.717, 1.165) is 56.3 Å². The Labute approximate surface area is 153 Å². The van der Waals surface area contributed by atoms with E-state index in [9.17, 15) is 0 Å². The number of anilines is 2. The molecule has 0 atom stereocenters. The van der Waals surface area contributed by atoms with Crippen molar-refractivity contribution in [3.8, 4) is 5.75 Å². The molecule has 8 heteroatoms. The summed E-state index contributed by atoms with van der Waals surface area (Å²) in [6, 6.07) is 4.03. The van der Waals surface area contributed by atoms with Gasteiger partial charge < -0.3 is 15.0 Å². The van der Waals surface area contributed by atoms with Crippen molar-refractivity contribution in [3.05, 3.63) is 17.7 Å². The molecule has 0 bridgehead atoms. The van der Waals surface area contributed by atoms with Gasteiger partial charge in [-0.3, -0.25) is 0 Å². The molecule has 1 aromatic carbocycles. The molecule has 6 nitrogen and oxygen atoms in total. The number of piperazine rings is 1. The van der Waals surface area contributed by atoms with Crippen LogP contribution < -0.4 is 20.4 Å². The van der Waals surface area contributed by atoms with E-state index in [1.165, 1.54) is 5.56 Å². The summed E-state index contributed by atoms with van der Waals surface area (Å²) in [5, 5.41) is 3.35. The first-order chi connectivity index (χ1) is 9.38. The molecule has 1 saturated heterocycles. The normalized spacial score (nSPS) is 17.1. The van der Waals surface area contributed by atoms with Crippen LogP contribution >= 0.6 is 12.9 Å². The Morgan fingerprint density at radius 1 is 1.30 bits per heavy atom. The molecule has 0 aromatic heterocycles. The van der Waals surface area contributed by atoms with Gasteiger partial charge in [0.2, 0.25) is 0 Å². The first-order valence-electron chi connectivity index (χ1n) is 6.37. The van der Waals surface area contributed by atoms with Crippen LogP contribution in [0.15, 0.2) is 12.1 Å². The monoisotopic (exact) mass is 323 g/mol. The van der Waals surface area contributed by atoms with Gasteiger partial charge in [-0.25, -0.2) is 5.48 Å². The van der Waals surface area contributed by atoms with Crippen LogP contribution in [0.1, 0.15) is 5.56 Å². The van der Waals surface area contributed by atoms with Gasteiger partial charge in [-0.05, 0) is 12.1 Å². The molecule has 1 aromatic rings. The molecule has 3 rings (SSSR count). The zero-order valence-electron chi connectivity index (χ0n) is 10.9. The number of nitrogens with zero attached hydrogens (tertiary/aromatic N) is 1. The van der Waals surface area contributed by atoms with E-state index in [4.69, 9.17) is 4.74 Å². The third-order valence-corrected chi connectivity index (χ3v) is 3.49. The molecule has 0 amide bonds.